The minimum atomic E-state index is -0.0443. The van der Waals surface area contributed by atoms with Crippen LogP contribution in [0.2, 0.25) is 5.02 Å². The van der Waals surface area contributed by atoms with Crippen molar-refractivity contribution in [3.05, 3.63) is 47.0 Å². The summed E-state index contributed by atoms with van der Waals surface area (Å²) in [5.74, 6) is 0.242. The van der Waals surface area contributed by atoms with Gasteiger partial charge in [-0.3, -0.25) is 4.79 Å². The van der Waals surface area contributed by atoms with Gasteiger partial charge in [-0.15, -0.1) is 0 Å². The Labute approximate surface area is 113 Å². The van der Waals surface area contributed by atoms with Crippen LogP contribution in [0, 0.1) is 5.92 Å². The number of halogens is 1. The van der Waals surface area contributed by atoms with Crippen LogP contribution >= 0.6 is 11.6 Å². The molecule has 0 fully saturated rings. The molecule has 18 heavy (non-hydrogen) atoms. The first kappa shape index (κ1) is 13.2. The van der Waals surface area contributed by atoms with Crippen LogP contribution in [-0.2, 0) is 4.79 Å². The monoisotopic (exact) mass is 263 g/mol. The van der Waals surface area contributed by atoms with Crippen molar-refractivity contribution in [3.8, 4) is 0 Å². The first-order valence-electron chi connectivity index (χ1n) is 6.38. The second-order valence-electron chi connectivity index (χ2n) is 4.73. The van der Waals surface area contributed by atoms with Crippen LogP contribution in [0.5, 0.6) is 0 Å². The molecule has 0 aliphatic heterocycles. The van der Waals surface area contributed by atoms with Gasteiger partial charge in [0, 0.05) is 10.9 Å². The normalized spacial score (nSPS) is 20.4. The first-order chi connectivity index (χ1) is 8.68. The Morgan fingerprint density at radius 2 is 2.17 bits per heavy atom. The van der Waals surface area contributed by atoms with E-state index in [4.69, 9.17) is 11.6 Å². The molecular formula is C15H18ClNO. The molecular weight excluding hydrogens is 246 g/mol. The summed E-state index contributed by atoms with van der Waals surface area (Å²) in [6.07, 6.45) is 7.02. The Bertz CT molecular complexity index is 456. The fourth-order valence-electron chi connectivity index (χ4n) is 2.27. The lowest BCUT2D eigenvalue weighted by Gasteiger charge is -2.21. The van der Waals surface area contributed by atoms with Gasteiger partial charge in [-0.2, -0.15) is 0 Å². The van der Waals surface area contributed by atoms with E-state index in [1.165, 1.54) is 0 Å². The molecule has 0 saturated carbocycles. The first-order valence-corrected chi connectivity index (χ1v) is 6.76. The van der Waals surface area contributed by atoms with Crippen LogP contribution in [-0.4, -0.2) is 5.91 Å². The van der Waals surface area contributed by atoms with E-state index in [0.717, 1.165) is 24.8 Å². The number of amides is 1. The highest BCUT2D eigenvalue weighted by molar-refractivity contribution is 6.31. The number of hydrogen-bond acceptors (Lipinski definition) is 1. The van der Waals surface area contributed by atoms with Gasteiger partial charge in [0.25, 0.3) is 0 Å². The molecule has 0 heterocycles. The third-order valence-corrected chi connectivity index (χ3v) is 3.71. The van der Waals surface area contributed by atoms with E-state index < -0.39 is 0 Å². The molecule has 96 valence electrons. The number of nitrogens with one attached hydrogen (secondary N) is 1. The van der Waals surface area contributed by atoms with Crippen LogP contribution < -0.4 is 5.32 Å². The number of rotatable bonds is 3. The minimum Gasteiger partial charge on any atom is -0.349 e. The fraction of sp³-hybridized carbons (Fsp3) is 0.400. The molecule has 0 radical (unpaired) electrons. The number of carbonyl (C=O) groups is 1. The summed E-state index contributed by atoms with van der Waals surface area (Å²) in [5.41, 5.74) is 0.971. The van der Waals surface area contributed by atoms with Crippen molar-refractivity contribution in [2.45, 2.75) is 32.2 Å². The quantitative estimate of drug-likeness (QED) is 0.824. The van der Waals surface area contributed by atoms with Crippen molar-refractivity contribution in [1.82, 2.24) is 5.32 Å². The molecule has 1 aliphatic rings. The van der Waals surface area contributed by atoms with Crippen molar-refractivity contribution in [1.29, 1.82) is 0 Å². The lowest BCUT2D eigenvalue weighted by Crippen LogP contribution is -2.33. The Hall–Kier alpha value is -1.28. The van der Waals surface area contributed by atoms with Crippen molar-refractivity contribution < 1.29 is 4.79 Å². The molecule has 1 aromatic carbocycles. The van der Waals surface area contributed by atoms with Crippen molar-refractivity contribution in [2.75, 3.05) is 0 Å². The molecule has 0 bridgehead atoms. The largest absolute Gasteiger partial charge is 0.349 e. The fourth-order valence-corrected chi connectivity index (χ4v) is 2.57. The van der Waals surface area contributed by atoms with Gasteiger partial charge in [-0.05, 0) is 37.8 Å². The molecule has 1 aromatic rings. The predicted octanol–water partition coefficient (Wildman–Crippen LogP) is 3.87. The highest BCUT2D eigenvalue weighted by Crippen LogP contribution is 2.24. The average Bonchev–Trinajstić information content (AvgIpc) is 2.40. The summed E-state index contributed by atoms with van der Waals surface area (Å²) in [5, 5.41) is 3.75. The topological polar surface area (TPSA) is 29.1 Å². The maximum Gasteiger partial charge on any atom is 0.223 e. The molecule has 2 atom stereocenters. The lowest BCUT2D eigenvalue weighted by molar-refractivity contribution is -0.125. The smallest absolute Gasteiger partial charge is 0.223 e. The molecule has 1 N–H and O–H groups in total. The molecule has 2 nitrogen and oxygen atoms in total. The van der Waals surface area contributed by atoms with Gasteiger partial charge >= 0.3 is 0 Å². The van der Waals surface area contributed by atoms with Crippen LogP contribution in [0.3, 0.4) is 0 Å². The number of allylic oxidation sites excluding steroid dienone is 2. The molecule has 0 aromatic heterocycles. The van der Waals surface area contributed by atoms with Crippen LogP contribution in [0.15, 0.2) is 36.4 Å². The molecule has 2 rings (SSSR count). The Kier molecular flexibility index (Phi) is 4.43. The Balaban J connectivity index is 1.99. The second kappa shape index (κ2) is 6.05. The van der Waals surface area contributed by atoms with Gasteiger partial charge < -0.3 is 5.32 Å². The van der Waals surface area contributed by atoms with Gasteiger partial charge in [0.15, 0.2) is 0 Å². The third kappa shape index (κ3) is 3.14. The van der Waals surface area contributed by atoms with E-state index in [1.807, 2.05) is 31.2 Å². The van der Waals surface area contributed by atoms with Crippen molar-refractivity contribution in [2.24, 2.45) is 5.92 Å². The molecule has 0 spiro atoms. The minimum absolute atomic E-state index is 0.0443. The van der Waals surface area contributed by atoms with Crippen molar-refractivity contribution >= 4 is 17.5 Å². The summed E-state index contributed by atoms with van der Waals surface area (Å²) >= 11 is 6.13. The van der Waals surface area contributed by atoms with Crippen molar-refractivity contribution in [3.63, 3.8) is 0 Å². The maximum atomic E-state index is 12.1. The third-order valence-electron chi connectivity index (χ3n) is 3.37. The van der Waals surface area contributed by atoms with Crippen LogP contribution in [0.1, 0.15) is 37.8 Å². The highest BCUT2D eigenvalue weighted by Gasteiger charge is 2.21. The number of carbonyl (C=O) groups excluding carboxylic acids is 1. The van der Waals surface area contributed by atoms with Crippen LogP contribution in [0.4, 0.5) is 0 Å². The van der Waals surface area contributed by atoms with Gasteiger partial charge in [0.1, 0.15) is 0 Å². The highest BCUT2D eigenvalue weighted by atomic mass is 35.5. The Morgan fingerprint density at radius 3 is 2.83 bits per heavy atom. The zero-order chi connectivity index (χ0) is 13.0. The van der Waals surface area contributed by atoms with E-state index in [9.17, 15) is 4.79 Å². The average molecular weight is 264 g/mol. The molecule has 2 unspecified atom stereocenters. The summed E-state index contributed by atoms with van der Waals surface area (Å²) in [6.45, 7) is 1.97. The molecule has 1 amide bonds. The SMILES string of the molecule is CC(NC(=O)C1CC=CCC1)c1ccccc1Cl. The van der Waals surface area contributed by atoms with Gasteiger partial charge in [-0.1, -0.05) is 42.0 Å². The van der Waals surface area contributed by atoms with E-state index in [0.29, 0.717) is 5.02 Å². The number of hydrogen-bond donors (Lipinski definition) is 1. The van der Waals surface area contributed by atoms with Crippen LogP contribution in [0.25, 0.3) is 0 Å². The van der Waals surface area contributed by atoms with E-state index >= 15 is 0 Å². The zero-order valence-electron chi connectivity index (χ0n) is 10.5. The van der Waals surface area contributed by atoms with E-state index in [1.54, 1.807) is 0 Å². The standard InChI is InChI=1S/C15H18ClNO/c1-11(13-9-5-6-10-14(13)16)17-15(18)12-7-3-2-4-8-12/h2-3,5-6,9-12H,4,7-8H2,1H3,(H,17,18). The van der Waals surface area contributed by atoms with Gasteiger partial charge in [0.2, 0.25) is 5.91 Å². The lowest BCUT2D eigenvalue weighted by atomic mass is 9.93. The van der Waals surface area contributed by atoms with E-state index in [-0.39, 0.29) is 17.9 Å². The summed E-state index contributed by atoms with van der Waals surface area (Å²) in [7, 11) is 0. The second-order valence-corrected chi connectivity index (χ2v) is 5.14. The Morgan fingerprint density at radius 1 is 1.39 bits per heavy atom. The summed E-state index contributed by atoms with van der Waals surface area (Å²) in [4.78, 5) is 12.1. The molecule has 0 saturated heterocycles. The maximum absolute atomic E-state index is 12.1. The summed E-state index contributed by atoms with van der Waals surface area (Å²) in [6, 6.07) is 7.59. The van der Waals surface area contributed by atoms with E-state index in [2.05, 4.69) is 17.5 Å². The summed E-state index contributed by atoms with van der Waals surface area (Å²) < 4.78 is 0. The molecule has 1 aliphatic carbocycles. The molecule has 3 heteroatoms. The number of benzene rings is 1. The van der Waals surface area contributed by atoms with Gasteiger partial charge in [-0.25, -0.2) is 0 Å². The van der Waals surface area contributed by atoms with Gasteiger partial charge in [0.05, 0.1) is 6.04 Å². The predicted molar refractivity (Wildman–Crippen MR) is 74.5 cm³/mol. The zero-order valence-corrected chi connectivity index (χ0v) is 11.3.